The molecule has 2 unspecified atom stereocenters. The zero-order valence-corrected chi connectivity index (χ0v) is 10.8. The number of hydrogen-bond donors (Lipinski definition) is 1. The third-order valence-electron chi connectivity index (χ3n) is 3.34. The smallest absolute Gasteiger partial charge is 0.224 e. The molecule has 0 saturated carbocycles. The van der Waals surface area contributed by atoms with E-state index in [1.54, 1.807) is 0 Å². The Morgan fingerprint density at radius 2 is 2.19 bits per heavy atom. The molecule has 0 aliphatic carbocycles. The quantitative estimate of drug-likeness (QED) is 0.762. The van der Waals surface area contributed by atoms with Crippen LogP contribution in [-0.2, 0) is 4.79 Å². The van der Waals surface area contributed by atoms with E-state index in [4.69, 9.17) is 5.73 Å². The topological polar surface area (TPSA) is 49.6 Å². The Balaban J connectivity index is 2.47. The standard InChI is InChI=1S/C12H25N3O/c1-10-4-7-15(11(8-10)9-13)12(16)5-6-14(2)3/h10-11H,4-9,13H2,1-3H3. The van der Waals surface area contributed by atoms with Crippen LogP contribution in [0, 0.1) is 5.92 Å². The molecule has 1 saturated heterocycles. The molecule has 4 nitrogen and oxygen atoms in total. The van der Waals surface area contributed by atoms with Gasteiger partial charge in [0.25, 0.3) is 0 Å². The summed E-state index contributed by atoms with van der Waals surface area (Å²) in [5.41, 5.74) is 5.75. The van der Waals surface area contributed by atoms with Gasteiger partial charge >= 0.3 is 0 Å². The summed E-state index contributed by atoms with van der Waals surface area (Å²) in [5, 5.41) is 0. The van der Waals surface area contributed by atoms with E-state index in [-0.39, 0.29) is 11.9 Å². The molecular weight excluding hydrogens is 202 g/mol. The Morgan fingerprint density at radius 1 is 1.50 bits per heavy atom. The van der Waals surface area contributed by atoms with Gasteiger partial charge in [-0.2, -0.15) is 0 Å². The van der Waals surface area contributed by atoms with Gasteiger partial charge in [-0.15, -0.1) is 0 Å². The van der Waals surface area contributed by atoms with Crippen molar-refractivity contribution in [2.45, 2.75) is 32.2 Å². The highest BCUT2D eigenvalue weighted by atomic mass is 16.2. The average Bonchev–Trinajstić information content (AvgIpc) is 2.25. The van der Waals surface area contributed by atoms with E-state index in [2.05, 4.69) is 6.92 Å². The fourth-order valence-corrected chi connectivity index (χ4v) is 2.27. The van der Waals surface area contributed by atoms with Gasteiger partial charge < -0.3 is 15.5 Å². The minimum atomic E-state index is 0.260. The Bertz CT molecular complexity index is 230. The van der Waals surface area contributed by atoms with Crippen molar-refractivity contribution in [3.8, 4) is 0 Å². The van der Waals surface area contributed by atoms with Gasteiger partial charge in [0.15, 0.2) is 0 Å². The van der Waals surface area contributed by atoms with E-state index in [1.165, 1.54) is 0 Å². The summed E-state index contributed by atoms with van der Waals surface area (Å²) in [4.78, 5) is 16.1. The van der Waals surface area contributed by atoms with Crippen molar-refractivity contribution in [2.75, 3.05) is 33.7 Å². The number of rotatable bonds is 4. The maximum Gasteiger partial charge on any atom is 0.224 e. The molecule has 1 amide bonds. The lowest BCUT2D eigenvalue weighted by atomic mass is 9.92. The molecule has 1 fully saturated rings. The number of nitrogens with zero attached hydrogens (tertiary/aromatic N) is 2. The van der Waals surface area contributed by atoms with Crippen LogP contribution in [-0.4, -0.2) is 55.5 Å². The molecule has 0 bridgehead atoms. The first-order valence-electron chi connectivity index (χ1n) is 6.18. The number of hydrogen-bond acceptors (Lipinski definition) is 3. The van der Waals surface area contributed by atoms with Crippen LogP contribution in [0.1, 0.15) is 26.2 Å². The van der Waals surface area contributed by atoms with Crippen molar-refractivity contribution in [3.63, 3.8) is 0 Å². The molecule has 0 aromatic carbocycles. The fraction of sp³-hybridized carbons (Fsp3) is 0.917. The SMILES string of the molecule is CC1CCN(C(=O)CCN(C)C)C(CN)C1. The molecule has 4 heteroatoms. The van der Waals surface area contributed by atoms with E-state index in [0.29, 0.717) is 18.9 Å². The Labute approximate surface area is 98.8 Å². The second-order valence-electron chi connectivity index (χ2n) is 5.16. The number of carbonyl (C=O) groups is 1. The second-order valence-corrected chi connectivity index (χ2v) is 5.16. The third kappa shape index (κ3) is 3.76. The normalized spacial score (nSPS) is 26.2. The Kier molecular flexibility index (Phi) is 5.22. The van der Waals surface area contributed by atoms with Crippen molar-refractivity contribution >= 4 is 5.91 Å². The van der Waals surface area contributed by atoms with Crippen LogP contribution in [0.5, 0.6) is 0 Å². The van der Waals surface area contributed by atoms with Crippen LogP contribution >= 0.6 is 0 Å². The summed E-state index contributed by atoms with van der Waals surface area (Å²) < 4.78 is 0. The molecule has 0 aromatic rings. The molecule has 2 atom stereocenters. The van der Waals surface area contributed by atoms with Crippen LogP contribution < -0.4 is 5.73 Å². The van der Waals surface area contributed by atoms with Crippen LogP contribution in [0.15, 0.2) is 0 Å². The third-order valence-corrected chi connectivity index (χ3v) is 3.34. The molecule has 0 spiro atoms. The van der Waals surface area contributed by atoms with Crippen molar-refractivity contribution in [2.24, 2.45) is 11.7 Å². The van der Waals surface area contributed by atoms with Gasteiger partial charge in [-0.05, 0) is 32.9 Å². The minimum absolute atomic E-state index is 0.260. The summed E-state index contributed by atoms with van der Waals surface area (Å²) in [6.07, 6.45) is 2.78. The first kappa shape index (κ1) is 13.5. The molecule has 1 aliphatic rings. The van der Waals surface area contributed by atoms with Crippen molar-refractivity contribution in [1.29, 1.82) is 0 Å². The lowest BCUT2D eigenvalue weighted by molar-refractivity contribution is -0.135. The predicted molar refractivity (Wildman–Crippen MR) is 66.1 cm³/mol. The highest BCUT2D eigenvalue weighted by molar-refractivity contribution is 5.76. The number of likely N-dealkylation sites (tertiary alicyclic amines) is 1. The van der Waals surface area contributed by atoms with Gasteiger partial charge in [-0.1, -0.05) is 6.92 Å². The van der Waals surface area contributed by atoms with Gasteiger partial charge in [-0.3, -0.25) is 4.79 Å². The number of nitrogens with two attached hydrogens (primary N) is 1. The highest BCUT2D eigenvalue weighted by Gasteiger charge is 2.28. The zero-order chi connectivity index (χ0) is 12.1. The molecule has 0 aromatic heterocycles. The second kappa shape index (κ2) is 6.21. The van der Waals surface area contributed by atoms with Crippen LogP contribution in [0.4, 0.5) is 0 Å². The van der Waals surface area contributed by atoms with Gasteiger partial charge in [0, 0.05) is 32.1 Å². The molecule has 16 heavy (non-hydrogen) atoms. The minimum Gasteiger partial charge on any atom is -0.338 e. The van der Waals surface area contributed by atoms with Crippen molar-refractivity contribution in [3.05, 3.63) is 0 Å². The van der Waals surface area contributed by atoms with Gasteiger partial charge in [0.2, 0.25) is 5.91 Å². The van der Waals surface area contributed by atoms with Crippen molar-refractivity contribution < 1.29 is 4.79 Å². The zero-order valence-electron chi connectivity index (χ0n) is 10.8. The monoisotopic (exact) mass is 227 g/mol. The van der Waals surface area contributed by atoms with Gasteiger partial charge in [0.1, 0.15) is 0 Å². The van der Waals surface area contributed by atoms with E-state index in [9.17, 15) is 4.79 Å². The van der Waals surface area contributed by atoms with Crippen LogP contribution in [0.25, 0.3) is 0 Å². The summed E-state index contributed by atoms with van der Waals surface area (Å²) in [6.45, 7) is 4.54. The summed E-state index contributed by atoms with van der Waals surface area (Å²) in [5.74, 6) is 0.961. The summed E-state index contributed by atoms with van der Waals surface area (Å²) in [6, 6.07) is 0.262. The summed E-state index contributed by atoms with van der Waals surface area (Å²) in [7, 11) is 3.98. The number of carbonyl (C=O) groups excluding carboxylic acids is 1. The molecule has 1 heterocycles. The highest BCUT2D eigenvalue weighted by Crippen LogP contribution is 2.22. The number of piperidine rings is 1. The average molecular weight is 227 g/mol. The Morgan fingerprint density at radius 3 is 2.75 bits per heavy atom. The van der Waals surface area contributed by atoms with Gasteiger partial charge in [0.05, 0.1) is 0 Å². The maximum absolute atomic E-state index is 12.0. The molecular formula is C12H25N3O. The predicted octanol–water partition coefficient (Wildman–Crippen LogP) is 0.524. The maximum atomic E-state index is 12.0. The van der Waals surface area contributed by atoms with Crippen molar-refractivity contribution in [1.82, 2.24) is 9.80 Å². The van der Waals surface area contributed by atoms with E-state index in [1.807, 2.05) is 23.9 Å². The van der Waals surface area contributed by atoms with Gasteiger partial charge in [-0.25, -0.2) is 0 Å². The van der Waals surface area contributed by atoms with Crippen LogP contribution in [0.3, 0.4) is 0 Å². The molecule has 0 radical (unpaired) electrons. The lowest BCUT2D eigenvalue weighted by Gasteiger charge is -2.38. The van der Waals surface area contributed by atoms with E-state index in [0.717, 1.165) is 25.9 Å². The lowest BCUT2D eigenvalue weighted by Crippen LogP contribution is -2.49. The Hall–Kier alpha value is -0.610. The molecule has 1 rings (SSSR count). The molecule has 1 aliphatic heterocycles. The fourth-order valence-electron chi connectivity index (χ4n) is 2.27. The van der Waals surface area contributed by atoms with Crippen LogP contribution in [0.2, 0.25) is 0 Å². The van der Waals surface area contributed by atoms with E-state index < -0.39 is 0 Å². The molecule has 94 valence electrons. The van der Waals surface area contributed by atoms with E-state index >= 15 is 0 Å². The first-order chi connectivity index (χ1) is 7.54. The number of amides is 1. The molecule has 2 N–H and O–H groups in total. The summed E-state index contributed by atoms with van der Waals surface area (Å²) >= 11 is 0. The first-order valence-corrected chi connectivity index (χ1v) is 6.18. The largest absolute Gasteiger partial charge is 0.338 e.